The molecule has 0 spiro atoms. The second-order valence-electron chi connectivity index (χ2n) is 5.38. The number of carbonyl (C=O) groups excluding carboxylic acids is 1. The standard InChI is InChI=1S/C14H29NO2/c1-6-8-10-12(9-7-2)15-11-14(3,4)13(16)17-5/h12,15H,6-11H2,1-5H3. The number of methoxy groups -OCH3 is 1. The minimum absolute atomic E-state index is 0.143. The Morgan fingerprint density at radius 3 is 2.35 bits per heavy atom. The number of ether oxygens (including phenoxy) is 1. The third kappa shape index (κ3) is 6.67. The van der Waals surface area contributed by atoms with Gasteiger partial charge in [0.1, 0.15) is 0 Å². The maximum absolute atomic E-state index is 11.6. The summed E-state index contributed by atoms with van der Waals surface area (Å²) >= 11 is 0. The molecule has 0 aliphatic carbocycles. The van der Waals surface area contributed by atoms with E-state index < -0.39 is 5.41 Å². The molecule has 0 fully saturated rings. The zero-order chi connectivity index (χ0) is 13.3. The molecule has 0 aliphatic heterocycles. The first-order valence-electron chi connectivity index (χ1n) is 6.79. The number of nitrogens with one attached hydrogen (secondary N) is 1. The molecule has 1 unspecified atom stereocenters. The largest absolute Gasteiger partial charge is 0.469 e. The molecule has 0 rings (SSSR count). The maximum Gasteiger partial charge on any atom is 0.312 e. The molecular weight excluding hydrogens is 214 g/mol. The van der Waals surface area contributed by atoms with E-state index in [0.29, 0.717) is 12.6 Å². The number of carbonyl (C=O) groups is 1. The van der Waals surface area contributed by atoms with Crippen LogP contribution in [0.4, 0.5) is 0 Å². The Morgan fingerprint density at radius 2 is 1.88 bits per heavy atom. The highest BCUT2D eigenvalue weighted by molar-refractivity contribution is 5.76. The fourth-order valence-electron chi connectivity index (χ4n) is 1.90. The molecule has 17 heavy (non-hydrogen) atoms. The van der Waals surface area contributed by atoms with Crippen LogP contribution in [0.15, 0.2) is 0 Å². The number of hydrogen-bond acceptors (Lipinski definition) is 3. The van der Waals surface area contributed by atoms with Crippen molar-refractivity contribution in [1.29, 1.82) is 0 Å². The van der Waals surface area contributed by atoms with Gasteiger partial charge in [-0.3, -0.25) is 4.79 Å². The number of esters is 1. The highest BCUT2D eigenvalue weighted by atomic mass is 16.5. The Hall–Kier alpha value is -0.570. The van der Waals surface area contributed by atoms with Crippen molar-refractivity contribution < 1.29 is 9.53 Å². The fourth-order valence-corrected chi connectivity index (χ4v) is 1.90. The molecule has 0 aromatic heterocycles. The van der Waals surface area contributed by atoms with Crippen molar-refractivity contribution in [2.24, 2.45) is 5.41 Å². The van der Waals surface area contributed by atoms with Gasteiger partial charge in [-0.25, -0.2) is 0 Å². The van der Waals surface area contributed by atoms with Crippen molar-refractivity contribution in [2.75, 3.05) is 13.7 Å². The van der Waals surface area contributed by atoms with Gasteiger partial charge >= 0.3 is 5.97 Å². The topological polar surface area (TPSA) is 38.3 Å². The van der Waals surface area contributed by atoms with Crippen LogP contribution < -0.4 is 5.32 Å². The Kier molecular flexibility index (Phi) is 8.23. The van der Waals surface area contributed by atoms with Gasteiger partial charge in [0.25, 0.3) is 0 Å². The van der Waals surface area contributed by atoms with Crippen molar-refractivity contribution in [1.82, 2.24) is 5.32 Å². The van der Waals surface area contributed by atoms with Crippen LogP contribution >= 0.6 is 0 Å². The molecule has 0 bridgehead atoms. The molecule has 3 nitrogen and oxygen atoms in total. The first kappa shape index (κ1) is 16.4. The second-order valence-corrected chi connectivity index (χ2v) is 5.38. The number of unbranched alkanes of at least 4 members (excludes halogenated alkanes) is 1. The lowest BCUT2D eigenvalue weighted by molar-refractivity contribution is -0.150. The average molecular weight is 243 g/mol. The molecule has 0 saturated heterocycles. The van der Waals surface area contributed by atoms with Gasteiger partial charge in [0, 0.05) is 12.6 Å². The Balaban J connectivity index is 4.13. The summed E-state index contributed by atoms with van der Waals surface area (Å²) in [5.74, 6) is -0.143. The van der Waals surface area contributed by atoms with Crippen molar-refractivity contribution in [2.45, 2.75) is 65.8 Å². The third-order valence-corrected chi connectivity index (χ3v) is 3.11. The molecule has 0 amide bonds. The van der Waals surface area contributed by atoms with E-state index in [4.69, 9.17) is 4.74 Å². The van der Waals surface area contributed by atoms with E-state index >= 15 is 0 Å². The van der Waals surface area contributed by atoms with Crippen molar-refractivity contribution in [3.8, 4) is 0 Å². The summed E-state index contributed by atoms with van der Waals surface area (Å²) in [6.45, 7) is 8.95. The third-order valence-electron chi connectivity index (χ3n) is 3.11. The van der Waals surface area contributed by atoms with Crippen molar-refractivity contribution in [3.63, 3.8) is 0 Å². The summed E-state index contributed by atoms with van der Waals surface area (Å²) in [5, 5.41) is 3.51. The predicted molar refractivity (Wildman–Crippen MR) is 72.0 cm³/mol. The minimum atomic E-state index is -0.438. The van der Waals surface area contributed by atoms with Gasteiger partial charge < -0.3 is 10.1 Å². The lowest BCUT2D eigenvalue weighted by atomic mass is 9.92. The molecule has 3 heteroatoms. The molecule has 102 valence electrons. The van der Waals surface area contributed by atoms with E-state index in [1.54, 1.807) is 0 Å². The molecule has 0 aromatic carbocycles. The van der Waals surface area contributed by atoms with E-state index in [9.17, 15) is 4.79 Å². The zero-order valence-electron chi connectivity index (χ0n) is 12.1. The Morgan fingerprint density at radius 1 is 1.24 bits per heavy atom. The highest BCUT2D eigenvalue weighted by Crippen LogP contribution is 2.17. The van der Waals surface area contributed by atoms with Gasteiger partial charge in [-0.15, -0.1) is 0 Å². The van der Waals surface area contributed by atoms with Crippen molar-refractivity contribution in [3.05, 3.63) is 0 Å². The number of rotatable bonds is 9. The van der Waals surface area contributed by atoms with Crippen molar-refractivity contribution >= 4 is 5.97 Å². The molecule has 0 radical (unpaired) electrons. The van der Waals surface area contributed by atoms with Gasteiger partial charge in [0.05, 0.1) is 12.5 Å². The van der Waals surface area contributed by atoms with Gasteiger partial charge in [-0.2, -0.15) is 0 Å². The van der Waals surface area contributed by atoms with E-state index in [2.05, 4.69) is 19.2 Å². The molecule has 0 saturated carbocycles. The van der Waals surface area contributed by atoms with Crippen LogP contribution in [0.5, 0.6) is 0 Å². The van der Waals surface area contributed by atoms with Crippen LogP contribution in [-0.2, 0) is 9.53 Å². The monoisotopic (exact) mass is 243 g/mol. The summed E-state index contributed by atoms with van der Waals surface area (Å²) in [7, 11) is 1.45. The normalized spacial score (nSPS) is 13.5. The van der Waals surface area contributed by atoms with Gasteiger partial charge in [-0.1, -0.05) is 33.1 Å². The van der Waals surface area contributed by atoms with Crippen LogP contribution in [0.2, 0.25) is 0 Å². The molecule has 1 N–H and O–H groups in total. The summed E-state index contributed by atoms with van der Waals surface area (Å²) in [5.41, 5.74) is -0.438. The molecule has 0 aromatic rings. The quantitative estimate of drug-likeness (QED) is 0.632. The van der Waals surface area contributed by atoms with Crippen LogP contribution in [0, 0.1) is 5.41 Å². The molecular formula is C14H29NO2. The van der Waals surface area contributed by atoms with E-state index in [1.165, 1.54) is 39.2 Å². The van der Waals surface area contributed by atoms with E-state index in [0.717, 1.165) is 0 Å². The predicted octanol–water partition coefficient (Wildman–Crippen LogP) is 3.13. The van der Waals surface area contributed by atoms with Gasteiger partial charge in [0.15, 0.2) is 0 Å². The summed E-state index contributed by atoms with van der Waals surface area (Å²) < 4.78 is 4.81. The SMILES string of the molecule is CCCCC(CCC)NCC(C)(C)C(=O)OC. The molecule has 1 atom stereocenters. The van der Waals surface area contributed by atoms with Crippen LogP contribution in [0.25, 0.3) is 0 Å². The van der Waals surface area contributed by atoms with Crippen LogP contribution in [0.3, 0.4) is 0 Å². The second kappa shape index (κ2) is 8.51. The minimum Gasteiger partial charge on any atom is -0.469 e. The van der Waals surface area contributed by atoms with Crippen LogP contribution in [-0.4, -0.2) is 25.7 Å². The number of hydrogen-bond donors (Lipinski definition) is 1. The maximum atomic E-state index is 11.6. The Bertz CT molecular complexity index is 214. The van der Waals surface area contributed by atoms with Gasteiger partial charge in [0.2, 0.25) is 0 Å². The lowest BCUT2D eigenvalue weighted by Gasteiger charge is -2.26. The summed E-state index contributed by atoms with van der Waals surface area (Å²) in [6.07, 6.45) is 6.03. The average Bonchev–Trinajstić information content (AvgIpc) is 2.31. The summed E-state index contributed by atoms with van der Waals surface area (Å²) in [6, 6.07) is 0.531. The van der Waals surface area contributed by atoms with Gasteiger partial charge in [-0.05, 0) is 26.7 Å². The van der Waals surface area contributed by atoms with E-state index in [1.807, 2.05) is 13.8 Å². The summed E-state index contributed by atoms with van der Waals surface area (Å²) in [4.78, 5) is 11.6. The lowest BCUT2D eigenvalue weighted by Crippen LogP contribution is -2.41. The zero-order valence-corrected chi connectivity index (χ0v) is 12.1. The molecule has 0 heterocycles. The first-order chi connectivity index (χ1) is 7.97. The highest BCUT2D eigenvalue weighted by Gasteiger charge is 2.28. The molecule has 0 aliphatic rings. The van der Waals surface area contributed by atoms with Crippen LogP contribution in [0.1, 0.15) is 59.8 Å². The fraction of sp³-hybridized carbons (Fsp3) is 0.929. The van der Waals surface area contributed by atoms with E-state index in [-0.39, 0.29) is 5.97 Å². The smallest absolute Gasteiger partial charge is 0.312 e. The first-order valence-corrected chi connectivity index (χ1v) is 6.79. The Labute approximate surface area is 106 Å².